The van der Waals surface area contributed by atoms with Crippen LogP contribution in [0.3, 0.4) is 0 Å². The van der Waals surface area contributed by atoms with Crippen LogP contribution in [0, 0.1) is 6.92 Å². The van der Waals surface area contributed by atoms with Crippen molar-refractivity contribution in [3.05, 3.63) is 23.4 Å². The second-order valence-electron chi connectivity index (χ2n) is 4.78. The van der Waals surface area contributed by atoms with Crippen LogP contribution in [0.2, 0.25) is 0 Å². The Labute approximate surface area is 109 Å². The van der Waals surface area contributed by atoms with Crippen LogP contribution in [0.4, 0.5) is 5.82 Å². The first-order valence-corrected chi connectivity index (χ1v) is 6.67. The molecule has 0 unspecified atom stereocenters. The quantitative estimate of drug-likeness (QED) is 0.886. The summed E-state index contributed by atoms with van der Waals surface area (Å²) in [6.45, 7) is 6.95. The molecule has 0 radical (unpaired) electrons. The molecule has 1 saturated heterocycles. The first-order chi connectivity index (χ1) is 8.74. The lowest BCUT2D eigenvalue weighted by atomic mass is 10.1. The maximum Gasteiger partial charge on any atom is 0.131 e. The first-order valence-electron chi connectivity index (χ1n) is 6.67. The van der Waals surface area contributed by atoms with Crippen molar-refractivity contribution in [2.75, 3.05) is 24.6 Å². The van der Waals surface area contributed by atoms with Gasteiger partial charge in [-0.2, -0.15) is 0 Å². The van der Waals surface area contributed by atoms with Gasteiger partial charge in [-0.05, 0) is 43.9 Å². The molecule has 100 valence electrons. The number of nitrogens with zero attached hydrogens (tertiary/aromatic N) is 2. The van der Waals surface area contributed by atoms with E-state index in [2.05, 4.69) is 16.8 Å². The average Bonchev–Trinajstić information content (AvgIpc) is 2.40. The molecule has 0 aliphatic carbocycles. The Morgan fingerprint density at radius 3 is 2.72 bits per heavy atom. The van der Waals surface area contributed by atoms with Crippen LogP contribution in [0.15, 0.2) is 12.3 Å². The molecule has 2 rings (SSSR count). The van der Waals surface area contributed by atoms with Gasteiger partial charge in [0, 0.05) is 25.9 Å². The number of hydrogen-bond acceptors (Lipinski definition) is 4. The molecule has 1 aliphatic heterocycles. The van der Waals surface area contributed by atoms with E-state index in [1.54, 1.807) is 6.20 Å². The normalized spacial score (nSPS) is 17.2. The van der Waals surface area contributed by atoms with Gasteiger partial charge >= 0.3 is 0 Å². The van der Waals surface area contributed by atoms with Crippen molar-refractivity contribution in [2.45, 2.75) is 39.4 Å². The zero-order valence-corrected chi connectivity index (χ0v) is 11.2. The molecule has 0 bridgehead atoms. The molecule has 1 aromatic heterocycles. The topological polar surface area (TPSA) is 45.6 Å². The molecule has 0 aromatic carbocycles. The molecule has 1 N–H and O–H groups in total. The van der Waals surface area contributed by atoms with Crippen molar-refractivity contribution in [3.8, 4) is 0 Å². The smallest absolute Gasteiger partial charge is 0.131 e. The van der Waals surface area contributed by atoms with E-state index in [-0.39, 0.29) is 6.61 Å². The fourth-order valence-corrected chi connectivity index (χ4v) is 2.51. The number of rotatable bonds is 4. The predicted octanol–water partition coefficient (Wildman–Crippen LogP) is 1.89. The van der Waals surface area contributed by atoms with Gasteiger partial charge in [-0.25, -0.2) is 4.98 Å². The number of aliphatic hydroxyl groups is 1. The number of piperidine rings is 1. The molecule has 0 amide bonds. The number of aliphatic hydroxyl groups excluding tert-OH is 1. The first kappa shape index (κ1) is 13.3. The minimum Gasteiger partial charge on any atom is -0.392 e. The molecule has 0 saturated carbocycles. The van der Waals surface area contributed by atoms with Gasteiger partial charge in [0.25, 0.3) is 0 Å². The summed E-state index contributed by atoms with van der Waals surface area (Å²) in [6, 6.07) is 2.01. The van der Waals surface area contributed by atoms with E-state index in [0.717, 1.165) is 49.5 Å². The Balaban J connectivity index is 2.01. The van der Waals surface area contributed by atoms with Crippen molar-refractivity contribution in [3.63, 3.8) is 0 Å². The maximum atomic E-state index is 9.09. The number of hydrogen-bond donors (Lipinski definition) is 1. The highest BCUT2D eigenvalue weighted by molar-refractivity contribution is 5.47. The van der Waals surface area contributed by atoms with Gasteiger partial charge in [0.2, 0.25) is 0 Å². The lowest BCUT2D eigenvalue weighted by Crippen LogP contribution is -2.37. The largest absolute Gasteiger partial charge is 0.392 e. The summed E-state index contributed by atoms with van der Waals surface area (Å²) in [6.07, 6.45) is 4.30. The molecular formula is C14H22N2O2. The lowest BCUT2D eigenvalue weighted by molar-refractivity contribution is 0.0458. The summed E-state index contributed by atoms with van der Waals surface area (Å²) in [5.41, 5.74) is 2.01. The predicted molar refractivity (Wildman–Crippen MR) is 71.8 cm³/mol. The Morgan fingerprint density at radius 2 is 2.17 bits per heavy atom. The number of pyridine rings is 1. The molecule has 2 heterocycles. The highest BCUT2D eigenvalue weighted by atomic mass is 16.5. The van der Waals surface area contributed by atoms with Gasteiger partial charge in [-0.3, -0.25) is 0 Å². The van der Waals surface area contributed by atoms with Crippen LogP contribution in [-0.4, -0.2) is 35.9 Å². The van der Waals surface area contributed by atoms with Gasteiger partial charge in [-0.15, -0.1) is 0 Å². The van der Waals surface area contributed by atoms with Crippen molar-refractivity contribution >= 4 is 5.82 Å². The Hall–Kier alpha value is -1.13. The van der Waals surface area contributed by atoms with E-state index < -0.39 is 0 Å². The van der Waals surface area contributed by atoms with Crippen molar-refractivity contribution in [1.82, 2.24) is 4.98 Å². The minimum atomic E-state index is 0.0561. The Morgan fingerprint density at radius 1 is 1.44 bits per heavy atom. The molecular weight excluding hydrogens is 228 g/mol. The van der Waals surface area contributed by atoms with E-state index in [1.165, 1.54) is 0 Å². The fourth-order valence-electron chi connectivity index (χ4n) is 2.51. The van der Waals surface area contributed by atoms with Crippen molar-refractivity contribution < 1.29 is 9.84 Å². The molecule has 1 aliphatic rings. The van der Waals surface area contributed by atoms with E-state index in [9.17, 15) is 0 Å². The van der Waals surface area contributed by atoms with Gasteiger partial charge in [0.1, 0.15) is 5.82 Å². The number of ether oxygens (including phenoxy) is 1. The molecule has 18 heavy (non-hydrogen) atoms. The molecule has 4 nitrogen and oxygen atoms in total. The van der Waals surface area contributed by atoms with Gasteiger partial charge in [-0.1, -0.05) is 0 Å². The Kier molecular flexibility index (Phi) is 4.55. The third-order valence-electron chi connectivity index (χ3n) is 3.43. The zero-order chi connectivity index (χ0) is 13.0. The van der Waals surface area contributed by atoms with Crippen LogP contribution < -0.4 is 4.90 Å². The van der Waals surface area contributed by atoms with Crippen LogP contribution >= 0.6 is 0 Å². The highest BCUT2D eigenvalue weighted by Gasteiger charge is 2.21. The Bertz CT molecular complexity index is 387. The van der Waals surface area contributed by atoms with E-state index in [4.69, 9.17) is 9.84 Å². The molecule has 1 aromatic rings. The monoisotopic (exact) mass is 250 g/mol. The summed E-state index contributed by atoms with van der Waals surface area (Å²) in [4.78, 5) is 6.78. The van der Waals surface area contributed by atoms with Crippen LogP contribution in [-0.2, 0) is 11.3 Å². The highest BCUT2D eigenvalue weighted by Crippen LogP contribution is 2.23. The summed E-state index contributed by atoms with van der Waals surface area (Å²) in [5.74, 6) is 1.04. The molecule has 1 fully saturated rings. The molecule has 0 atom stereocenters. The summed E-state index contributed by atoms with van der Waals surface area (Å²) < 4.78 is 5.65. The van der Waals surface area contributed by atoms with Gasteiger partial charge in [0.05, 0.1) is 12.7 Å². The van der Waals surface area contributed by atoms with Crippen LogP contribution in [0.25, 0.3) is 0 Å². The number of anilines is 1. The second kappa shape index (κ2) is 6.16. The third kappa shape index (κ3) is 3.00. The lowest BCUT2D eigenvalue weighted by Gasteiger charge is -2.33. The maximum absolute atomic E-state index is 9.09. The standard InChI is InChI=1S/C14H22N2O2/c1-3-18-13-4-6-16(7-5-13)14-11(2)8-12(10-17)9-15-14/h8-9,13,17H,3-7,10H2,1-2H3. The van der Waals surface area contributed by atoms with Gasteiger partial charge < -0.3 is 14.7 Å². The number of aryl methyl sites for hydroxylation is 1. The van der Waals surface area contributed by atoms with E-state index in [0.29, 0.717) is 6.10 Å². The summed E-state index contributed by atoms with van der Waals surface area (Å²) in [5, 5.41) is 9.09. The average molecular weight is 250 g/mol. The SMILES string of the molecule is CCOC1CCN(c2ncc(CO)cc2C)CC1. The van der Waals surface area contributed by atoms with Crippen molar-refractivity contribution in [1.29, 1.82) is 0 Å². The van der Waals surface area contributed by atoms with Crippen LogP contribution in [0.5, 0.6) is 0 Å². The minimum absolute atomic E-state index is 0.0561. The van der Waals surface area contributed by atoms with Crippen molar-refractivity contribution in [2.24, 2.45) is 0 Å². The second-order valence-corrected chi connectivity index (χ2v) is 4.78. The molecule has 4 heteroatoms. The van der Waals surface area contributed by atoms with E-state index >= 15 is 0 Å². The summed E-state index contributed by atoms with van der Waals surface area (Å²) >= 11 is 0. The van der Waals surface area contributed by atoms with Gasteiger partial charge in [0.15, 0.2) is 0 Å². The van der Waals surface area contributed by atoms with E-state index in [1.807, 2.05) is 13.0 Å². The fraction of sp³-hybridized carbons (Fsp3) is 0.643. The zero-order valence-electron chi connectivity index (χ0n) is 11.2. The third-order valence-corrected chi connectivity index (χ3v) is 3.43. The molecule has 0 spiro atoms. The summed E-state index contributed by atoms with van der Waals surface area (Å²) in [7, 11) is 0. The number of aromatic nitrogens is 1. The van der Waals surface area contributed by atoms with Crippen LogP contribution in [0.1, 0.15) is 30.9 Å².